The van der Waals surface area contributed by atoms with Crippen LogP contribution in [0.15, 0.2) is 42.6 Å². The maximum absolute atomic E-state index is 14.2. The second-order valence-corrected chi connectivity index (χ2v) is 19.0. The van der Waals surface area contributed by atoms with Crippen LogP contribution in [0.5, 0.6) is 11.6 Å². The summed E-state index contributed by atoms with van der Waals surface area (Å²) in [5.41, 5.74) is -0.729. The number of halogens is 2. The first-order valence-electron chi connectivity index (χ1n) is 19.7. The largest absolute Gasteiger partial charge is 0.488 e. The summed E-state index contributed by atoms with van der Waals surface area (Å²) in [6, 6.07) is 5.37. The SMILES string of the molecule is CCCCC/C=C\C1CC1(CNC(=O)C1CC(Oc2cc(OC(C)C)nc3c(Cl)c(Cl)ccc23)CN1C(=O)CNC(=O)c1ccn(C)n1)C(=O)NS(=O)(=O)C1(C)CC1. The Hall–Kier alpha value is -4.41. The first kappa shape index (κ1) is 43.2. The van der Waals surface area contributed by atoms with E-state index in [9.17, 15) is 27.6 Å². The molecule has 6 rings (SSSR count). The van der Waals surface area contributed by atoms with Crippen LogP contribution in [0.25, 0.3) is 10.9 Å². The number of rotatable bonds is 18. The maximum Gasteiger partial charge on any atom is 0.272 e. The van der Waals surface area contributed by atoms with Crippen molar-refractivity contribution >= 4 is 67.8 Å². The van der Waals surface area contributed by atoms with Gasteiger partial charge in [-0.05, 0) is 77.0 Å². The lowest BCUT2D eigenvalue weighted by molar-refractivity contribution is -0.138. The standard InChI is InChI=1S/C40H51Cl2N7O8S/c1-6-7-8-9-10-11-25-20-40(25,38(53)47-58(54,55)39(4)15-16-39)23-44-37(52)30-18-26(22-49(30)33(50)21-43-36(51)29-14-17-48(5)46-29)57-31-19-32(56-24(2)3)45-35-27(31)12-13-28(41)34(35)42/h10-14,17,19,24-26,30H,6-9,15-16,18,20-23H2,1-5H3,(H,43,51)(H,44,52)(H,47,53)/b11-10-. The van der Waals surface area contributed by atoms with Crippen LogP contribution in [0.3, 0.4) is 0 Å². The number of fused-ring (bicyclic) bond motifs is 1. The van der Waals surface area contributed by atoms with Crippen molar-refractivity contribution in [2.75, 3.05) is 19.6 Å². The van der Waals surface area contributed by atoms with Gasteiger partial charge in [0.05, 0.1) is 44.9 Å². The summed E-state index contributed by atoms with van der Waals surface area (Å²) in [5.74, 6) is -2.06. The van der Waals surface area contributed by atoms with Crippen LogP contribution in [0.2, 0.25) is 10.0 Å². The quantitative estimate of drug-likeness (QED) is 0.115. The van der Waals surface area contributed by atoms with E-state index in [1.807, 2.05) is 26.0 Å². The zero-order valence-corrected chi connectivity index (χ0v) is 35.7. The molecule has 3 aromatic rings. The van der Waals surface area contributed by atoms with Gasteiger partial charge >= 0.3 is 0 Å². The fraction of sp³-hybridized carbons (Fsp3) is 0.550. The lowest BCUT2D eigenvalue weighted by atomic mass is 10.0. The van der Waals surface area contributed by atoms with E-state index >= 15 is 0 Å². The zero-order valence-electron chi connectivity index (χ0n) is 33.3. The second-order valence-electron chi connectivity index (χ2n) is 16.0. The van der Waals surface area contributed by atoms with Crippen molar-refractivity contribution < 1.29 is 37.1 Å². The van der Waals surface area contributed by atoms with Crippen molar-refractivity contribution in [3.05, 3.63) is 58.4 Å². The number of sulfonamides is 1. The Morgan fingerprint density at radius 2 is 1.86 bits per heavy atom. The van der Waals surface area contributed by atoms with E-state index in [4.69, 9.17) is 32.7 Å². The normalized spacial score (nSPS) is 22.3. The summed E-state index contributed by atoms with van der Waals surface area (Å²) < 4.78 is 41.4. The number of aryl methyl sites for hydroxylation is 1. The predicted octanol–water partition coefficient (Wildman–Crippen LogP) is 5.10. The Labute approximate surface area is 348 Å². The van der Waals surface area contributed by atoms with E-state index in [1.165, 1.54) is 15.6 Å². The summed E-state index contributed by atoms with van der Waals surface area (Å²) in [5, 5.41) is 10.6. The molecule has 3 aliphatic rings. The molecule has 18 heteroatoms. The Balaban J connectivity index is 1.23. The fourth-order valence-corrected chi connectivity index (χ4v) is 8.80. The van der Waals surface area contributed by atoms with Crippen molar-refractivity contribution in [1.29, 1.82) is 0 Å². The summed E-state index contributed by atoms with van der Waals surface area (Å²) >= 11 is 12.9. The highest BCUT2D eigenvalue weighted by atomic mass is 35.5. The van der Waals surface area contributed by atoms with Crippen LogP contribution >= 0.6 is 23.2 Å². The molecule has 58 heavy (non-hydrogen) atoms. The number of allylic oxidation sites excluding steroid dienone is 2. The van der Waals surface area contributed by atoms with Gasteiger partial charge in [0, 0.05) is 37.7 Å². The number of pyridine rings is 1. The van der Waals surface area contributed by atoms with E-state index in [2.05, 4.69) is 32.4 Å². The smallest absolute Gasteiger partial charge is 0.272 e. The summed E-state index contributed by atoms with van der Waals surface area (Å²) in [6.45, 7) is 6.78. The van der Waals surface area contributed by atoms with Crippen molar-refractivity contribution in [1.82, 2.24) is 35.0 Å². The molecule has 1 aliphatic heterocycles. The highest BCUT2D eigenvalue weighted by Gasteiger charge is 2.61. The molecule has 0 spiro atoms. The molecule has 0 radical (unpaired) electrons. The van der Waals surface area contributed by atoms with Gasteiger partial charge in [-0.25, -0.2) is 13.4 Å². The second kappa shape index (κ2) is 17.4. The van der Waals surface area contributed by atoms with E-state index < -0.39 is 62.5 Å². The van der Waals surface area contributed by atoms with Crippen molar-refractivity contribution in [3.63, 3.8) is 0 Å². The molecule has 4 unspecified atom stereocenters. The number of carbonyl (C=O) groups is 4. The molecule has 4 amide bonds. The average Bonchev–Trinajstić information content (AvgIpc) is 3.98. The molecule has 2 saturated carbocycles. The number of hydrogen-bond acceptors (Lipinski definition) is 10. The molecule has 1 aromatic carbocycles. The third kappa shape index (κ3) is 9.55. The minimum atomic E-state index is -3.93. The molecular formula is C40H51Cl2N7O8S. The first-order chi connectivity index (χ1) is 27.5. The number of amides is 4. The van der Waals surface area contributed by atoms with E-state index in [0.717, 1.165) is 25.7 Å². The fourth-order valence-electron chi connectivity index (χ4n) is 7.11. The van der Waals surface area contributed by atoms with Gasteiger partial charge in [-0.15, -0.1) is 0 Å². The van der Waals surface area contributed by atoms with Gasteiger partial charge < -0.3 is 25.0 Å². The lowest BCUT2D eigenvalue weighted by Crippen LogP contribution is -2.51. The molecule has 2 aromatic heterocycles. The van der Waals surface area contributed by atoms with Crippen molar-refractivity contribution in [3.8, 4) is 11.6 Å². The average molecular weight is 861 g/mol. The number of aromatic nitrogens is 3. The Morgan fingerprint density at radius 3 is 2.53 bits per heavy atom. The monoisotopic (exact) mass is 859 g/mol. The highest BCUT2D eigenvalue weighted by Crippen LogP contribution is 2.54. The number of nitrogens with one attached hydrogen (secondary N) is 3. The van der Waals surface area contributed by atoms with Gasteiger partial charge in [0.1, 0.15) is 23.6 Å². The van der Waals surface area contributed by atoms with Gasteiger partial charge in [0.2, 0.25) is 33.6 Å². The van der Waals surface area contributed by atoms with Crippen molar-refractivity contribution in [2.45, 2.75) is 102 Å². The predicted molar refractivity (Wildman–Crippen MR) is 219 cm³/mol. The third-order valence-electron chi connectivity index (χ3n) is 11.0. The lowest BCUT2D eigenvalue weighted by Gasteiger charge is -2.25. The Bertz CT molecular complexity index is 2210. The van der Waals surface area contributed by atoms with Gasteiger partial charge in [-0.1, -0.05) is 55.1 Å². The number of unbranched alkanes of at least 4 members (excludes halogenated alkanes) is 3. The Morgan fingerprint density at radius 1 is 1.10 bits per heavy atom. The highest BCUT2D eigenvalue weighted by molar-refractivity contribution is 7.91. The Kier molecular flexibility index (Phi) is 13.0. The molecule has 3 heterocycles. The van der Waals surface area contributed by atoms with Crippen LogP contribution in [0, 0.1) is 11.3 Å². The molecule has 1 saturated heterocycles. The number of ether oxygens (including phenoxy) is 2. The van der Waals surface area contributed by atoms with E-state index in [0.29, 0.717) is 35.9 Å². The summed E-state index contributed by atoms with van der Waals surface area (Å²) in [4.78, 5) is 60.5. The molecular weight excluding hydrogens is 809 g/mol. The van der Waals surface area contributed by atoms with Gasteiger partial charge in [-0.2, -0.15) is 5.10 Å². The van der Waals surface area contributed by atoms with Crippen LogP contribution in [-0.2, 0) is 31.5 Å². The first-order valence-corrected chi connectivity index (χ1v) is 21.9. The number of benzene rings is 1. The van der Waals surface area contributed by atoms with Crippen LogP contribution in [-0.4, -0.2) is 94.3 Å². The molecule has 314 valence electrons. The van der Waals surface area contributed by atoms with Gasteiger partial charge in [0.25, 0.3) is 5.91 Å². The number of hydrogen-bond donors (Lipinski definition) is 3. The molecule has 3 N–H and O–H groups in total. The number of nitrogens with zero attached hydrogens (tertiary/aromatic N) is 4. The van der Waals surface area contributed by atoms with Crippen LogP contribution < -0.4 is 24.8 Å². The number of likely N-dealkylation sites (tertiary alicyclic amines) is 1. The topological polar surface area (TPSA) is 191 Å². The molecule has 15 nitrogen and oxygen atoms in total. The van der Waals surface area contributed by atoms with Gasteiger partial charge in [0.15, 0.2) is 0 Å². The van der Waals surface area contributed by atoms with Gasteiger partial charge in [-0.3, -0.25) is 28.6 Å². The van der Waals surface area contributed by atoms with Crippen molar-refractivity contribution in [2.24, 2.45) is 18.4 Å². The third-order valence-corrected chi connectivity index (χ3v) is 14.0. The minimum Gasteiger partial charge on any atom is -0.488 e. The van der Waals surface area contributed by atoms with Crippen LogP contribution in [0.4, 0.5) is 0 Å². The summed E-state index contributed by atoms with van der Waals surface area (Å²) in [7, 11) is -2.27. The molecule has 0 bridgehead atoms. The molecule has 2 aliphatic carbocycles. The summed E-state index contributed by atoms with van der Waals surface area (Å²) in [6.07, 6.45) is 9.83. The van der Waals surface area contributed by atoms with E-state index in [-0.39, 0.29) is 53.2 Å². The molecule has 3 fully saturated rings. The zero-order chi connectivity index (χ0) is 42.0. The maximum atomic E-state index is 14.2. The van der Waals surface area contributed by atoms with E-state index in [1.54, 1.807) is 38.4 Å². The van der Waals surface area contributed by atoms with Crippen LogP contribution in [0.1, 0.15) is 89.5 Å². The molecule has 4 atom stereocenters. The minimum absolute atomic E-state index is 0.0343. The number of carbonyl (C=O) groups excluding carboxylic acids is 4.